The predicted octanol–water partition coefficient (Wildman–Crippen LogP) is 1.90. The van der Waals surface area contributed by atoms with Gasteiger partial charge in [0.2, 0.25) is 6.29 Å². The lowest BCUT2D eigenvalue weighted by atomic mass is 9.99. The number of rotatable bonds is 6. The van der Waals surface area contributed by atoms with Crippen LogP contribution in [0.2, 0.25) is 18.1 Å². The molecule has 1 heterocycles. The van der Waals surface area contributed by atoms with E-state index in [1.165, 1.54) is 0 Å². The minimum atomic E-state index is -2.05. The molecule has 1 aromatic carbocycles. The molecule has 0 amide bonds. The Morgan fingerprint density at radius 1 is 0.963 bits per heavy atom. The lowest BCUT2D eigenvalue weighted by Gasteiger charge is -2.42. The van der Waals surface area contributed by atoms with Crippen LogP contribution in [0.5, 0.6) is 11.5 Å². The van der Waals surface area contributed by atoms with Gasteiger partial charge in [-0.05, 0) is 42.4 Å². The molecule has 154 valence electrons. The zero-order chi connectivity index (χ0) is 20.4. The highest BCUT2D eigenvalue weighted by molar-refractivity contribution is 6.74. The van der Waals surface area contributed by atoms with Gasteiger partial charge in [-0.1, -0.05) is 20.8 Å². The zero-order valence-corrected chi connectivity index (χ0v) is 17.9. The van der Waals surface area contributed by atoms with Gasteiger partial charge in [0.25, 0.3) is 0 Å². The average Bonchev–Trinajstić information content (AvgIpc) is 2.60. The highest BCUT2D eigenvalue weighted by Crippen LogP contribution is 2.37. The van der Waals surface area contributed by atoms with Crippen LogP contribution in [0.15, 0.2) is 24.3 Å². The first-order valence-corrected chi connectivity index (χ1v) is 12.0. The molecule has 0 aliphatic carbocycles. The van der Waals surface area contributed by atoms with Crippen molar-refractivity contribution in [1.29, 1.82) is 0 Å². The van der Waals surface area contributed by atoms with Crippen molar-refractivity contribution in [1.82, 2.24) is 0 Å². The Morgan fingerprint density at radius 3 is 2.04 bits per heavy atom. The highest BCUT2D eigenvalue weighted by atomic mass is 28.4. The van der Waals surface area contributed by atoms with Gasteiger partial charge in [0.05, 0.1) is 13.7 Å². The average molecular weight is 401 g/mol. The quantitative estimate of drug-likeness (QED) is 0.628. The van der Waals surface area contributed by atoms with Crippen molar-refractivity contribution in [3.05, 3.63) is 24.3 Å². The second kappa shape index (κ2) is 8.46. The van der Waals surface area contributed by atoms with E-state index >= 15 is 0 Å². The molecule has 0 saturated carbocycles. The zero-order valence-electron chi connectivity index (χ0n) is 16.9. The maximum atomic E-state index is 10.3. The maximum Gasteiger partial charge on any atom is 0.229 e. The number of methoxy groups -OCH3 is 1. The number of aliphatic hydroxyl groups excluding tert-OH is 3. The number of benzene rings is 1. The molecular formula is C19H32O7Si. The van der Waals surface area contributed by atoms with Gasteiger partial charge in [-0.2, -0.15) is 0 Å². The van der Waals surface area contributed by atoms with Crippen molar-refractivity contribution in [2.45, 2.75) is 69.6 Å². The van der Waals surface area contributed by atoms with Gasteiger partial charge in [0.1, 0.15) is 35.9 Å². The third-order valence-electron chi connectivity index (χ3n) is 5.39. The van der Waals surface area contributed by atoms with Crippen molar-refractivity contribution < 1.29 is 34.0 Å². The van der Waals surface area contributed by atoms with Crippen LogP contribution in [-0.2, 0) is 9.16 Å². The van der Waals surface area contributed by atoms with Crippen LogP contribution in [0.3, 0.4) is 0 Å². The smallest absolute Gasteiger partial charge is 0.229 e. The van der Waals surface area contributed by atoms with Crippen LogP contribution in [-0.4, -0.2) is 68.1 Å². The van der Waals surface area contributed by atoms with Gasteiger partial charge in [-0.3, -0.25) is 0 Å². The second-order valence-electron chi connectivity index (χ2n) is 8.38. The van der Waals surface area contributed by atoms with Gasteiger partial charge in [0, 0.05) is 0 Å². The summed E-state index contributed by atoms with van der Waals surface area (Å²) in [5, 5.41) is 30.7. The lowest BCUT2D eigenvalue weighted by molar-refractivity contribution is -0.276. The van der Waals surface area contributed by atoms with Gasteiger partial charge in [0.15, 0.2) is 8.32 Å². The van der Waals surface area contributed by atoms with Crippen LogP contribution >= 0.6 is 0 Å². The van der Waals surface area contributed by atoms with Crippen LogP contribution in [0.4, 0.5) is 0 Å². The largest absolute Gasteiger partial charge is 0.497 e. The summed E-state index contributed by atoms with van der Waals surface area (Å²) in [6.07, 6.45) is -5.97. The summed E-state index contributed by atoms with van der Waals surface area (Å²) in [7, 11) is -0.490. The highest BCUT2D eigenvalue weighted by Gasteiger charge is 2.46. The second-order valence-corrected chi connectivity index (χ2v) is 13.2. The topological polar surface area (TPSA) is 97.6 Å². The first kappa shape index (κ1) is 22.1. The monoisotopic (exact) mass is 400 g/mol. The predicted molar refractivity (Wildman–Crippen MR) is 103 cm³/mol. The Morgan fingerprint density at radius 2 is 1.52 bits per heavy atom. The summed E-state index contributed by atoms with van der Waals surface area (Å²) in [6, 6.07) is 6.78. The van der Waals surface area contributed by atoms with Crippen molar-refractivity contribution in [3.63, 3.8) is 0 Å². The van der Waals surface area contributed by atoms with Gasteiger partial charge >= 0.3 is 0 Å². The summed E-state index contributed by atoms with van der Waals surface area (Å²) in [5.41, 5.74) is 0. The molecular weight excluding hydrogens is 368 g/mol. The molecule has 0 unspecified atom stereocenters. The van der Waals surface area contributed by atoms with E-state index in [4.69, 9.17) is 18.6 Å². The fourth-order valence-corrected chi connectivity index (χ4v) is 3.46. The summed E-state index contributed by atoms with van der Waals surface area (Å²) in [5.74, 6) is 1.12. The molecule has 1 aromatic rings. The van der Waals surface area contributed by atoms with Crippen molar-refractivity contribution in [2.75, 3.05) is 13.7 Å². The summed E-state index contributed by atoms with van der Waals surface area (Å²) < 4.78 is 22.6. The molecule has 0 aromatic heterocycles. The molecule has 1 aliphatic heterocycles. The van der Waals surface area contributed by atoms with Crippen LogP contribution in [0.25, 0.3) is 0 Å². The molecule has 0 radical (unpaired) electrons. The number of hydrogen-bond donors (Lipinski definition) is 3. The van der Waals surface area contributed by atoms with E-state index in [1.54, 1.807) is 31.4 Å². The molecule has 8 heteroatoms. The molecule has 27 heavy (non-hydrogen) atoms. The summed E-state index contributed by atoms with van der Waals surface area (Å²) >= 11 is 0. The minimum absolute atomic E-state index is 0.00372. The third-order valence-corrected chi connectivity index (χ3v) is 9.90. The Bertz CT molecular complexity index is 599. The third kappa shape index (κ3) is 5.22. The summed E-state index contributed by atoms with van der Waals surface area (Å²) in [6.45, 7) is 10.7. The molecule has 7 nitrogen and oxygen atoms in total. The fourth-order valence-electron chi connectivity index (χ4n) is 2.45. The van der Waals surface area contributed by atoms with Crippen LogP contribution < -0.4 is 9.47 Å². The Kier molecular flexibility index (Phi) is 6.94. The summed E-state index contributed by atoms with van der Waals surface area (Å²) in [4.78, 5) is 0. The van der Waals surface area contributed by atoms with E-state index in [-0.39, 0.29) is 11.6 Å². The molecule has 1 fully saturated rings. The molecule has 0 spiro atoms. The van der Waals surface area contributed by atoms with Gasteiger partial charge in [-0.15, -0.1) is 0 Å². The van der Waals surface area contributed by atoms with Crippen LogP contribution in [0.1, 0.15) is 20.8 Å². The molecule has 1 aliphatic rings. The van der Waals surface area contributed by atoms with E-state index in [0.29, 0.717) is 11.5 Å². The molecule has 2 rings (SSSR count). The van der Waals surface area contributed by atoms with Crippen LogP contribution in [0, 0.1) is 0 Å². The number of aliphatic hydroxyl groups is 3. The number of ether oxygens (including phenoxy) is 3. The standard InChI is InChI=1S/C19H32O7Si/c1-19(2,3)27(5,6)24-11-14-15(20)16(21)17(22)18(26-14)25-13-9-7-12(23-4)8-10-13/h7-10,14-18,20-22H,11H2,1-6H3/t14-,15-,16+,17-,18-/m1/s1. The fraction of sp³-hybridized carbons (Fsp3) is 0.684. The minimum Gasteiger partial charge on any atom is -0.497 e. The van der Waals surface area contributed by atoms with E-state index in [0.717, 1.165) is 0 Å². The van der Waals surface area contributed by atoms with Crippen molar-refractivity contribution >= 4 is 8.32 Å². The Labute approximate surface area is 162 Å². The van der Waals surface area contributed by atoms with Crippen molar-refractivity contribution in [3.8, 4) is 11.5 Å². The van der Waals surface area contributed by atoms with E-state index in [2.05, 4.69) is 33.9 Å². The first-order chi connectivity index (χ1) is 12.5. The molecule has 0 bridgehead atoms. The number of hydrogen-bond acceptors (Lipinski definition) is 7. The lowest BCUT2D eigenvalue weighted by Crippen LogP contribution is -2.61. The Balaban J connectivity index is 2.06. The molecule has 3 N–H and O–H groups in total. The molecule has 1 saturated heterocycles. The van der Waals surface area contributed by atoms with Gasteiger partial charge < -0.3 is 34.0 Å². The van der Waals surface area contributed by atoms with E-state index < -0.39 is 39.0 Å². The SMILES string of the molecule is COc1ccc(O[C@@H]2O[C@H](CO[Si](C)(C)C(C)(C)C)[C@@H](O)[C@H](O)[C@H]2O)cc1. The normalized spacial score (nSPS) is 29.4. The molecule has 5 atom stereocenters. The maximum absolute atomic E-state index is 10.3. The Hall–Kier alpha value is -1.16. The van der Waals surface area contributed by atoms with Gasteiger partial charge in [-0.25, -0.2) is 0 Å². The van der Waals surface area contributed by atoms with E-state index in [9.17, 15) is 15.3 Å². The first-order valence-electron chi connectivity index (χ1n) is 9.10. The van der Waals surface area contributed by atoms with E-state index in [1.807, 2.05) is 0 Å². The van der Waals surface area contributed by atoms with Crippen molar-refractivity contribution in [2.24, 2.45) is 0 Å².